The Kier molecular flexibility index (Phi) is 3.09. The van der Waals surface area contributed by atoms with Crippen LogP contribution in [0.5, 0.6) is 0 Å². The van der Waals surface area contributed by atoms with Gasteiger partial charge in [-0.1, -0.05) is 13.8 Å². The second kappa shape index (κ2) is 4.10. The second-order valence-electron chi connectivity index (χ2n) is 2.66. The second-order valence-corrected chi connectivity index (χ2v) is 2.66. The molecular weight excluding hydrogens is 150 g/mol. The molecule has 0 fully saturated rings. The van der Waals surface area contributed by atoms with Crippen LogP contribution in [0.4, 0.5) is 0 Å². The van der Waals surface area contributed by atoms with E-state index < -0.39 is 0 Å². The summed E-state index contributed by atoms with van der Waals surface area (Å²) in [5, 5.41) is 0. The first-order chi connectivity index (χ1) is 5.88. The van der Waals surface area contributed by atoms with E-state index in [0.717, 1.165) is 24.8 Å². The lowest BCUT2D eigenvalue weighted by Crippen LogP contribution is -2.10. The summed E-state index contributed by atoms with van der Waals surface area (Å²) in [5.74, 6) is 0. The molecule has 1 aliphatic rings. The van der Waals surface area contributed by atoms with E-state index in [-0.39, 0.29) is 5.56 Å². The van der Waals surface area contributed by atoms with Crippen LogP contribution in [0, 0.1) is 0 Å². The smallest absolute Gasteiger partial charge is 0.251 e. The Morgan fingerprint density at radius 1 is 1.33 bits per heavy atom. The summed E-state index contributed by atoms with van der Waals surface area (Å²) in [6.07, 6.45) is 4.92. The first-order valence-electron chi connectivity index (χ1n) is 4.57. The van der Waals surface area contributed by atoms with Crippen LogP contribution < -0.4 is 5.56 Å². The van der Waals surface area contributed by atoms with Crippen molar-refractivity contribution in [2.24, 2.45) is 0 Å². The van der Waals surface area contributed by atoms with Crippen molar-refractivity contribution in [2.75, 3.05) is 0 Å². The molecule has 2 rings (SSSR count). The van der Waals surface area contributed by atoms with Crippen LogP contribution in [0.3, 0.4) is 0 Å². The molecule has 1 aliphatic carbocycles. The average Bonchev–Trinajstić information content (AvgIpc) is 2.57. The standard InChI is InChI=1S/C8H9NO.C2H6/c10-8-7-3-1-2-6(7)4-5-9-8;1-2/h4-5H,1-3H2,(H,9,10);1-2H3. The number of aryl methyl sites for hydroxylation is 1. The van der Waals surface area contributed by atoms with E-state index in [0.29, 0.717) is 0 Å². The SMILES string of the molecule is CC.O=c1[nH]ccc2c1CCC2. The van der Waals surface area contributed by atoms with Crippen molar-refractivity contribution in [1.29, 1.82) is 0 Å². The predicted molar refractivity (Wildman–Crippen MR) is 50.4 cm³/mol. The molecule has 0 aromatic carbocycles. The third-order valence-electron chi connectivity index (χ3n) is 2.03. The van der Waals surface area contributed by atoms with Crippen molar-refractivity contribution in [3.8, 4) is 0 Å². The molecule has 0 bridgehead atoms. The summed E-state index contributed by atoms with van der Waals surface area (Å²) in [6, 6.07) is 2.00. The molecule has 0 saturated carbocycles. The maximum absolute atomic E-state index is 11.1. The molecule has 1 heterocycles. The Balaban J connectivity index is 0.000000336. The van der Waals surface area contributed by atoms with Crippen LogP contribution in [-0.4, -0.2) is 4.98 Å². The van der Waals surface area contributed by atoms with Crippen LogP contribution in [0.1, 0.15) is 31.4 Å². The number of H-pyrrole nitrogens is 1. The lowest BCUT2D eigenvalue weighted by atomic mass is 10.2. The van der Waals surface area contributed by atoms with E-state index in [4.69, 9.17) is 0 Å². The van der Waals surface area contributed by atoms with Crippen molar-refractivity contribution in [3.05, 3.63) is 33.7 Å². The maximum atomic E-state index is 11.1. The quantitative estimate of drug-likeness (QED) is 0.625. The van der Waals surface area contributed by atoms with Gasteiger partial charge in [-0.2, -0.15) is 0 Å². The van der Waals surface area contributed by atoms with E-state index in [1.54, 1.807) is 6.20 Å². The molecule has 0 unspecified atom stereocenters. The van der Waals surface area contributed by atoms with Crippen molar-refractivity contribution in [3.63, 3.8) is 0 Å². The lowest BCUT2D eigenvalue weighted by molar-refractivity contribution is 0.907. The number of fused-ring (bicyclic) bond motifs is 1. The van der Waals surface area contributed by atoms with Gasteiger partial charge in [-0.3, -0.25) is 4.79 Å². The molecule has 2 heteroatoms. The molecule has 1 N–H and O–H groups in total. The van der Waals surface area contributed by atoms with Crippen LogP contribution in [-0.2, 0) is 12.8 Å². The van der Waals surface area contributed by atoms with Gasteiger partial charge in [0.15, 0.2) is 0 Å². The Morgan fingerprint density at radius 2 is 2.08 bits per heavy atom. The Morgan fingerprint density at radius 3 is 2.75 bits per heavy atom. The zero-order valence-electron chi connectivity index (χ0n) is 7.68. The lowest BCUT2D eigenvalue weighted by Gasteiger charge is -1.92. The minimum absolute atomic E-state index is 0.106. The highest BCUT2D eigenvalue weighted by atomic mass is 16.1. The van der Waals surface area contributed by atoms with Crippen LogP contribution in [0.2, 0.25) is 0 Å². The van der Waals surface area contributed by atoms with Gasteiger partial charge in [0.1, 0.15) is 0 Å². The number of aromatic nitrogens is 1. The van der Waals surface area contributed by atoms with E-state index >= 15 is 0 Å². The molecule has 0 radical (unpaired) electrons. The Hall–Kier alpha value is -1.05. The van der Waals surface area contributed by atoms with Gasteiger partial charge in [0, 0.05) is 11.8 Å². The number of nitrogens with one attached hydrogen (secondary N) is 1. The van der Waals surface area contributed by atoms with Gasteiger partial charge in [0.05, 0.1) is 0 Å². The zero-order valence-corrected chi connectivity index (χ0v) is 7.68. The van der Waals surface area contributed by atoms with Gasteiger partial charge in [-0.05, 0) is 30.9 Å². The summed E-state index contributed by atoms with van der Waals surface area (Å²) >= 11 is 0. The third kappa shape index (κ3) is 1.58. The largest absolute Gasteiger partial charge is 0.329 e. The molecule has 0 aliphatic heterocycles. The minimum atomic E-state index is 0.106. The van der Waals surface area contributed by atoms with Crippen molar-refractivity contribution in [1.82, 2.24) is 4.98 Å². The monoisotopic (exact) mass is 165 g/mol. The number of hydrogen-bond acceptors (Lipinski definition) is 1. The number of rotatable bonds is 0. The summed E-state index contributed by atoms with van der Waals surface area (Å²) in [4.78, 5) is 13.7. The fourth-order valence-electron chi connectivity index (χ4n) is 1.52. The average molecular weight is 165 g/mol. The molecule has 0 spiro atoms. The maximum Gasteiger partial charge on any atom is 0.251 e. The summed E-state index contributed by atoms with van der Waals surface area (Å²) in [6.45, 7) is 4.00. The fourth-order valence-corrected chi connectivity index (χ4v) is 1.52. The number of aromatic amines is 1. The molecule has 0 amide bonds. The van der Waals surface area contributed by atoms with E-state index in [1.165, 1.54) is 5.56 Å². The molecule has 66 valence electrons. The topological polar surface area (TPSA) is 32.9 Å². The molecular formula is C10H15NO. The van der Waals surface area contributed by atoms with Crippen LogP contribution >= 0.6 is 0 Å². The first kappa shape index (κ1) is 9.04. The van der Waals surface area contributed by atoms with Gasteiger partial charge in [0.2, 0.25) is 0 Å². The highest BCUT2D eigenvalue weighted by molar-refractivity contribution is 5.27. The van der Waals surface area contributed by atoms with Gasteiger partial charge in [-0.15, -0.1) is 0 Å². The van der Waals surface area contributed by atoms with Crippen molar-refractivity contribution >= 4 is 0 Å². The van der Waals surface area contributed by atoms with E-state index in [9.17, 15) is 4.79 Å². The Bertz CT molecular complexity index is 301. The summed E-state index contributed by atoms with van der Waals surface area (Å²) in [7, 11) is 0. The molecule has 0 atom stereocenters. The van der Waals surface area contributed by atoms with Crippen LogP contribution in [0.25, 0.3) is 0 Å². The molecule has 1 aromatic heterocycles. The molecule has 1 aromatic rings. The van der Waals surface area contributed by atoms with Crippen molar-refractivity contribution < 1.29 is 0 Å². The van der Waals surface area contributed by atoms with E-state index in [1.807, 2.05) is 19.9 Å². The first-order valence-corrected chi connectivity index (χ1v) is 4.57. The number of pyridine rings is 1. The molecule has 12 heavy (non-hydrogen) atoms. The predicted octanol–water partition coefficient (Wildman–Crippen LogP) is 1.89. The Labute approximate surface area is 72.6 Å². The van der Waals surface area contributed by atoms with Gasteiger partial charge >= 0.3 is 0 Å². The highest BCUT2D eigenvalue weighted by Gasteiger charge is 2.12. The molecule has 0 saturated heterocycles. The summed E-state index contributed by atoms with van der Waals surface area (Å²) < 4.78 is 0. The van der Waals surface area contributed by atoms with Crippen molar-refractivity contribution in [2.45, 2.75) is 33.1 Å². The summed E-state index contributed by atoms with van der Waals surface area (Å²) in [5.41, 5.74) is 2.35. The van der Waals surface area contributed by atoms with Gasteiger partial charge in [-0.25, -0.2) is 0 Å². The molecule has 2 nitrogen and oxygen atoms in total. The zero-order chi connectivity index (χ0) is 8.97. The normalized spacial score (nSPS) is 13.2. The van der Waals surface area contributed by atoms with E-state index in [2.05, 4.69) is 4.98 Å². The highest BCUT2D eigenvalue weighted by Crippen LogP contribution is 2.16. The van der Waals surface area contributed by atoms with Gasteiger partial charge in [0.25, 0.3) is 5.56 Å². The van der Waals surface area contributed by atoms with Crippen LogP contribution in [0.15, 0.2) is 17.1 Å². The van der Waals surface area contributed by atoms with Gasteiger partial charge < -0.3 is 4.98 Å². The minimum Gasteiger partial charge on any atom is -0.329 e. The third-order valence-corrected chi connectivity index (χ3v) is 2.03. The number of hydrogen-bond donors (Lipinski definition) is 1. The fraction of sp³-hybridized carbons (Fsp3) is 0.500.